The lowest BCUT2D eigenvalue weighted by Crippen LogP contribution is -2.41. The highest BCUT2D eigenvalue weighted by Gasteiger charge is 2.32. The second kappa shape index (κ2) is 11.5. The van der Waals surface area contributed by atoms with Crippen LogP contribution >= 0.6 is 0 Å². The topological polar surface area (TPSA) is 75.7 Å². The van der Waals surface area contributed by atoms with Gasteiger partial charge in [-0.3, -0.25) is 0 Å². The lowest BCUT2D eigenvalue weighted by molar-refractivity contribution is -0.137. The molecule has 10 heteroatoms. The first-order valence-corrected chi connectivity index (χ1v) is 12.6. The zero-order valence-electron chi connectivity index (χ0n) is 19.8. The Morgan fingerprint density at radius 2 is 1.61 bits per heavy atom. The fraction of sp³-hybridized carbons (Fsp3) is 0.269. The minimum absolute atomic E-state index is 0.0703. The zero-order chi connectivity index (χ0) is 26.3. The molecule has 0 bridgehead atoms. The number of nitrogens with one attached hydrogen (secondary N) is 1. The van der Waals surface area contributed by atoms with Gasteiger partial charge in [-0.2, -0.15) is 21.6 Å². The largest absolute Gasteiger partial charge is 0.416 e. The SMILES string of the molecule is CC(C)CN(Cc1cccc(OS(=O)(=O)c2cccc(C(F)(F)F)c2)c1)C(=O)NCc1ccccc1. The van der Waals surface area contributed by atoms with Crippen LogP contribution in [-0.2, 0) is 29.4 Å². The van der Waals surface area contributed by atoms with E-state index in [2.05, 4.69) is 5.32 Å². The van der Waals surface area contributed by atoms with Gasteiger partial charge in [-0.15, -0.1) is 0 Å². The second-order valence-corrected chi connectivity index (χ2v) is 10.2. The van der Waals surface area contributed by atoms with Crippen molar-refractivity contribution in [3.63, 3.8) is 0 Å². The third-order valence-electron chi connectivity index (χ3n) is 5.09. The maximum absolute atomic E-state index is 13.0. The standard InChI is InChI=1S/C26H27F3N2O4S/c1-19(2)17-31(25(32)30-16-20-8-4-3-5-9-20)18-21-10-6-12-23(14-21)35-36(33,34)24-13-7-11-22(15-24)26(27,28)29/h3-15,19H,16-18H2,1-2H3,(H,30,32). The monoisotopic (exact) mass is 520 g/mol. The average Bonchev–Trinajstić information content (AvgIpc) is 2.82. The summed E-state index contributed by atoms with van der Waals surface area (Å²) >= 11 is 0. The molecule has 6 nitrogen and oxygen atoms in total. The molecular weight excluding hydrogens is 493 g/mol. The van der Waals surface area contributed by atoms with Crippen LogP contribution in [0.5, 0.6) is 5.75 Å². The molecule has 2 amide bonds. The minimum Gasteiger partial charge on any atom is -0.379 e. The molecule has 0 aliphatic rings. The molecule has 0 fully saturated rings. The van der Waals surface area contributed by atoms with Crippen LogP contribution in [-0.4, -0.2) is 25.9 Å². The Bertz CT molecular complexity index is 1280. The van der Waals surface area contributed by atoms with Gasteiger partial charge in [0.2, 0.25) is 0 Å². The third kappa shape index (κ3) is 7.74. The average molecular weight is 521 g/mol. The van der Waals surface area contributed by atoms with E-state index in [1.807, 2.05) is 44.2 Å². The van der Waals surface area contributed by atoms with Crippen LogP contribution in [0.3, 0.4) is 0 Å². The molecule has 0 spiro atoms. The van der Waals surface area contributed by atoms with E-state index in [1.54, 1.807) is 17.0 Å². The number of benzene rings is 3. The number of hydrogen-bond acceptors (Lipinski definition) is 4. The van der Waals surface area contributed by atoms with Gasteiger partial charge < -0.3 is 14.4 Å². The summed E-state index contributed by atoms with van der Waals surface area (Å²) < 4.78 is 69.3. The van der Waals surface area contributed by atoms with E-state index in [4.69, 9.17) is 4.18 Å². The van der Waals surface area contributed by atoms with Crippen LogP contribution in [0, 0.1) is 5.92 Å². The molecule has 36 heavy (non-hydrogen) atoms. The molecule has 0 heterocycles. The van der Waals surface area contributed by atoms with E-state index in [0.717, 1.165) is 23.8 Å². The Balaban J connectivity index is 1.74. The van der Waals surface area contributed by atoms with Gasteiger partial charge in [-0.05, 0) is 47.4 Å². The van der Waals surface area contributed by atoms with E-state index < -0.39 is 26.8 Å². The molecule has 1 N–H and O–H groups in total. The van der Waals surface area contributed by atoms with Crippen LogP contribution in [0.15, 0.2) is 83.8 Å². The van der Waals surface area contributed by atoms with Gasteiger partial charge in [0.15, 0.2) is 0 Å². The van der Waals surface area contributed by atoms with Crippen LogP contribution in [0.4, 0.5) is 18.0 Å². The van der Waals surface area contributed by atoms with E-state index in [9.17, 15) is 26.4 Å². The van der Waals surface area contributed by atoms with Gasteiger partial charge in [0.1, 0.15) is 10.6 Å². The Labute approximate surface area is 208 Å². The maximum atomic E-state index is 13.0. The Morgan fingerprint density at radius 1 is 0.944 bits per heavy atom. The molecular formula is C26H27F3N2O4S. The van der Waals surface area contributed by atoms with Crippen molar-refractivity contribution in [3.05, 3.63) is 95.6 Å². The van der Waals surface area contributed by atoms with E-state index in [-0.39, 0.29) is 24.2 Å². The number of nitrogens with zero attached hydrogens (tertiary/aromatic N) is 1. The summed E-state index contributed by atoms with van der Waals surface area (Å²) in [5.74, 6) is 0.104. The summed E-state index contributed by atoms with van der Waals surface area (Å²) in [4.78, 5) is 13.9. The van der Waals surface area contributed by atoms with Crippen molar-refractivity contribution in [2.45, 2.75) is 38.0 Å². The van der Waals surface area contributed by atoms with Gasteiger partial charge in [-0.1, -0.05) is 62.4 Å². The van der Waals surface area contributed by atoms with Crippen LogP contribution in [0.1, 0.15) is 30.5 Å². The molecule has 3 aromatic rings. The molecule has 0 atom stereocenters. The number of halogens is 3. The number of carbonyl (C=O) groups excluding carboxylic acids is 1. The summed E-state index contributed by atoms with van der Waals surface area (Å²) in [6.45, 7) is 4.93. The summed E-state index contributed by atoms with van der Waals surface area (Å²) in [7, 11) is -4.51. The van der Waals surface area contributed by atoms with Crippen molar-refractivity contribution >= 4 is 16.1 Å². The first kappa shape index (κ1) is 27.1. The predicted octanol–water partition coefficient (Wildman–Crippen LogP) is 5.84. The third-order valence-corrected chi connectivity index (χ3v) is 6.33. The zero-order valence-corrected chi connectivity index (χ0v) is 20.6. The molecule has 0 unspecified atom stereocenters. The fourth-order valence-corrected chi connectivity index (χ4v) is 4.43. The fourth-order valence-electron chi connectivity index (χ4n) is 3.46. The first-order chi connectivity index (χ1) is 16.9. The molecule has 0 saturated carbocycles. The van der Waals surface area contributed by atoms with Crippen molar-refractivity contribution in [3.8, 4) is 5.75 Å². The summed E-state index contributed by atoms with van der Waals surface area (Å²) in [5, 5.41) is 2.88. The molecule has 0 aliphatic carbocycles. The highest BCUT2D eigenvalue weighted by molar-refractivity contribution is 7.87. The number of amides is 2. The number of hydrogen-bond donors (Lipinski definition) is 1. The van der Waals surface area contributed by atoms with Crippen LogP contribution in [0.2, 0.25) is 0 Å². The van der Waals surface area contributed by atoms with Crippen molar-refractivity contribution in [2.24, 2.45) is 5.92 Å². The summed E-state index contributed by atoms with van der Waals surface area (Å²) in [6.07, 6.45) is -4.69. The summed E-state index contributed by atoms with van der Waals surface area (Å²) in [6, 6.07) is 18.6. The van der Waals surface area contributed by atoms with Crippen molar-refractivity contribution in [2.75, 3.05) is 6.54 Å². The van der Waals surface area contributed by atoms with Crippen molar-refractivity contribution < 1.29 is 30.6 Å². The number of rotatable bonds is 9. The highest BCUT2D eigenvalue weighted by Crippen LogP contribution is 2.31. The highest BCUT2D eigenvalue weighted by atomic mass is 32.2. The van der Waals surface area contributed by atoms with E-state index in [0.29, 0.717) is 24.7 Å². The lowest BCUT2D eigenvalue weighted by Gasteiger charge is -2.25. The van der Waals surface area contributed by atoms with E-state index >= 15 is 0 Å². The Hall–Kier alpha value is -3.53. The van der Waals surface area contributed by atoms with Gasteiger partial charge in [0, 0.05) is 19.6 Å². The van der Waals surface area contributed by atoms with Crippen LogP contribution in [0.25, 0.3) is 0 Å². The molecule has 3 aromatic carbocycles. The van der Waals surface area contributed by atoms with Crippen LogP contribution < -0.4 is 9.50 Å². The van der Waals surface area contributed by atoms with Gasteiger partial charge in [0.05, 0.1) is 5.56 Å². The van der Waals surface area contributed by atoms with Gasteiger partial charge in [0.25, 0.3) is 0 Å². The number of carbonyl (C=O) groups is 1. The first-order valence-electron chi connectivity index (χ1n) is 11.2. The van der Waals surface area contributed by atoms with E-state index in [1.165, 1.54) is 12.1 Å². The predicted molar refractivity (Wildman–Crippen MR) is 130 cm³/mol. The molecule has 0 saturated heterocycles. The summed E-state index contributed by atoms with van der Waals surface area (Å²) in [5.41, 5.74) is 0.458. The van der Waals surface area contributed by atoms with Crippen molar-refractivity contribution in [1.82, 2.24) is 10.2 Å². The lowest BCUT2D eigenvalue weighted by atomic mass is 10.1. The molecule has 0 aliphatic heterocycles. The smallest absolute Gasteiger partial charge is 0.379 e. The maximum Gasteiger partial charge on any atom is 0.416 e. The van der Waals surface area contributed by atoms with Gasteiger partial charge >= 0.3 is 22.3 Å². The Morgan fingerprint density at radius 3 is 2.28 bits per heavy atom. The van der Waals surface area contributed by atoms with Crippen molar-refractivity contribution in [1.29, 1.82) is 0 Å². The molecule has 0 aromatic heterocycles. The second-order valence-electron chi connectivity index (χ2n) is 8.63. The molecule has 3 rings (SSSR count). The molecule has 0 radical (unpaired) electrons. The Kier molecular flexibility index (Phi) is 8.62. The van der Waals surface area contributed by atoms with Gasteiger partial charge in [-0.25, -0.2) is 4.79 Å². The minimum atomic E-state index is -4.69. The normalized spacial score (nSPS) is 11.8. The number of alkyl halides is 3. The molecule has 192 valence electrons. The number of urea groups is 1. The quantitative estimate of drug-likeness (QED) is 0.360.